The molecule has 0 unspecified atom stereocenters. The summed E-state index contributed by atoms with van der Waals surface area (Å²) in [7, 11) is 6.39. The molecule has 0 aromatic heterocycles. The number of ether oxygens (including phenoxy) is 3. The number of methoxy groups -OCH3 is 3. The number of nitrogens with zero attached hydrogens (tertiary/aromatic N) is 2. The smallest absolute Gasteiger partial charge is 0.251 e. The zero-order valence-electron chi connectivity index (χ0n) is 18.6. The number of hydrogen-bond acceptors (Lipinski definition) is 6. The highest BCUT2D eigenvalue weighted by Crippen LogP contribution is 2.28. The van der Waals surface area contributed by atoms with Gasteiger partial charge in [0.05, 0.1) is 27.8 Å². The molecule has 2 aromatic rings. The van der Waals surface area contributed by atoms with Crippen LogP contribution >= 0.6 is 12.2 Å². The van der Waals surface area contributed by atoms with Gasteiger partial charge in [0.25, 0.3) is 5.91 Å². The summed E-state index contributed by atoms with van der Waals surface area (Å²) in [5, 5.41) is 3.24. The molecule has 9 heteroatoms. The standard InChI is InChI=1S/C23H27N3O5S/c1-25-22(28)18(14-21(27)24-16-6-8-17(29-2)9-7-16)26(23(25)32)12-11-15-5-10-19(30-3)20(13-15)31-4/h5-10,13,18H,11-12,14H2,1-4H3,(H,24,27)/t18-/m0/s1. The summed E-state index contributed by atoms with van der Waals surface area (Å²) in [6.45, 7) is 0.491. The quantitative estimate of drug-likeness (QED) is 0.580. The highest BCUT2D eigenvalue weighted by atomic mass is 32.1. The van der Waals surface area contributed by atoms with Crippen molar-refractivity contribution in [2.75, 3.05) is 40.2 Å². The van der Waals surface area contributed by atoms with Gasteiger partial charge >= 0.3 is 0 Å². The number of amides is 2. The number of thiocarbonyl (C=S) groups is 1. The zero-order valence-corrected chi connectivity index (χ0v) is 19.4. The van der Waals surface area contributed by atoms with E-state index in [0.29, 0.717) is 41.0 Å². The molecule has 2 amide bonds. The van der Waals surface area contributed by atoms with Crippen molar-refractivity contribution in [1.82, 2.24) is 9.80 Å². The molecule has 8 nitrogen and oxygen atoms in total. The van der Waals surface area contributed by atoms with E-state index in [1.807, 2.05) is 23.1 Å². The molecule has 32 heavy (non-hydrogen) atoms. The number of nitrogens with one attached hydrogen (secondary N) is 1. The molecule has 1 N–H and O–H groups in total. The lowest BCUT2D eigenvalue weighted by atomic mass is 10.1. The first kappa shape index (κ1) is 23.3. The van der Waals surface area contributed by atoms with Crippen molar-refractivity contribution >= 4 is 34.8 Å². The third kappa shape index (κ3) is 5.11. The molecular weight excluding hydrogens is 430 g/mol. The topological polar surface area (TPSA) is 80.3 Å². The van der Waals surface area contributed by atoms with E-state index >= 15 is 0 Å². The number of anilines is 1. The summed E-state index contributed by atoms with van der Waals surface area (Å²) < 4.78 is 15.8. The second kappa shape index (κ2) is 10.3. The molecule has 1 heterocycles. The van der Waals surface area contributed by atoms with Gasteiger partial charge in [-0.2, -0.15) is 0 Å². The first-order valence-corrected chi connectivity index (χ1v) is 10.5. The first-order chi connectivity index (χ1) is 15.4. The van der Waals surface area contributed by atoms with Gasteiger partial charge in [-0.15, -0.1) is 0 Å². The predicted octanol–water partition coefficient (Wildman–Crippen LogP) is 2.71. The second-order valence-corrected chi connectivity index (χ2v) is 7.67. The third-order valence-corrected chi connectivity index (χ3v) is 5.87. The Balaban J connectivity index is 1.67. The predicted molar refractivity (Wildman–Crippen MR) is 125 cm³/mol. The molecule has 2 aromatic carbocycles. The lowest BCUT2D eigenvalue weighted by Gasteiger charge is -2.23. The van der Waals surface area contributed by atoms with Gasteiger partial charge in [-0.1, -0.05) is 6.07 Å². The van der Waals surface area contributed by atoms with Gasteiger partial charge in [0.1, 0.15) is 11.8 Å². The summed E-state index contributed by atoms with van der Waals surface area (Å²) in [6, 6.07) is 12.0. The van der Waals surface area contributed by atoms with Gasteiger partial charge < -0.3 is 24.4 Å². The van der Waals surface area contributed by atoms with Crippen LogP contribution in [0.4, 0.5) is 5.69 Å². The zero-order chi connectivity index (χ0) is 23.3. The van der Waals surface area contributed by atoms with Crippen LogP contribution in [0.1, 0.15) is 12.0 Å². The van der Waals surface area contributed by atoms with Crippen molar-refractivity contribution in [1.29, 1.82) is 0 Å². The normalized spacial score (nSPS) is 15.7. The summed E-state index contributed by atoms with van der Waals surface area (Å²) in [5.74, 6) is 1.53. The largest absolute Gasteiger partial charge is 0.497 e. The maximum atomic E-state index is 12.8. The maximum absolute atomic E-state index is 12.8. The van der Waals surface area contributed by atoms with Crippen LogP contribution in [0, 0.1) is 0 Å². The molecule has 1 atom stereocenters. The van der Waals surface area contributed by atoms with Crippen molar-refractivity contribution in [2.45, 2.75) is 18.9 Å². The van der Waals surface area contributed by atoms with Crippen LogP contribution in [0.2, 0.25) is 0 Å². The molecule has 170 valence electrons. The number of carbonyl (C=O) groups is 2. The fraction of sp³-hybridized carbons (Fsp3) is 0.348. The van der Waals surface area contributed by atoms with Crippen LogP contribution in [0.5, 0.6) is 17.2 Å². The van der Waals surface area contributed by atoms with Gasteiger partial charge in [-0.25, -0.2) is 0 Å². The van der Waals surface area contributed by atoms with Gasteiger partial charge in [0.15, 0.2) is 16.6 Å². The lowest BCUT2D eigenvalue weighted by Crippen LogP contribution is -2.39. The number of likely N-dealkylation sites (N-methyl/N-ethyl adjacent to an activating group) is 1. The van der Waals surface area contributed by atoms with Crippen molar-refractivity contribution < 1.29 is 23.8 Å². The highest BCUT2D eigenvalue weighted by molar-refractivity contribution is 7.80. The van der Waals surface area contributed by atoms with Crippen molar-refractivity contribution in [3.8, 4) is 17.2 Å². The minimum absolute atomic E-state index is 0.00127. The van der Waals surface area contributed by atoms with E-state index in [4.69, 9.17) is 26.4 Å². The van der Waals surface area contributed by atoms with Crippen molar-refractivity contribution in [3.63, 3.8) is 0 Å². The summed E-state index contributed by atoms with van der Waals surface area (Å²) in [5.41, 5.74) is 1.64. The molecule has 1 aliphatic heterocycles. The number of rotatable bonds is 9. The van der Waals surface area contributed by atoms with E-state index in [-0.39, 0.29) is 18.2 Å². The minimum Gasteiger partial charge on any atom is -0.497 e. The molecule has 0 aliphatic carbocycles. The summed E-state index contributed by atoms with van der Waals surface area (Å²) in [6.07, 6.45) is 0.624. The molecule has 0 radical (unpaired) electrons. The van der Waals surface area contributed by atoms with E-state index in [0.717, 1.165) is 5.56 Å². The van der Waals surface area contributed by atoms with Crippen molar-refractivity contribution in [2.24, 2.45) is 0 Å². The molecular formula is C23H27N3O5S. The van der Waals surface area contributed by atoms with Crippen LogP contribution in [0.25, 0.3) is 0 Å². The van der Waals surface area contributed by atoms with E-state index in [9.17, 15) is 9.59 Å². The Morgan fingerprint density at radius 1 is 1.03 bits per heavy atom. The van der Waals surface area contributed by atoms with E-state index in [2.05, 4.69) is 5.32 Å². The molecule has 1 aliphatic rings. The number of benzene rings is 2. The SMILES string of the molecule is COc1ccc(NC(=O)C[C@H]2C(=O)N(C)C(=S)N2CCc2ccc(OC)c(OC)c2)cc1. The Bertz CT molecular complexity index is 996. The molecule has 1 saturated heterocycles. The van der Waals surface area contributed by atoms with Crippen LogP contribution in [-0.2, 0) is 16.0 Å². The Kier molecular flexibility index (Phi) is 7.53. The van der Waals surface area contributed by atoms with E-state index in [1.54, 1.807) is 52.6 Å². The van der Waals surface area contributed by atoms with Crippen molar-refractivity contribution in [3.05, 3.63) is 48.0 Å². The molecule has 0 saturated carbocycles. The molecule has 0 bridgehead atoms. The van der Waals surface area contributed by atoms with Crippen LogP contribution in [0.15, 0.2) is 42.5 Å². The third-order valence-electron chi connectivity index (χ3n) is 5.37. The monoisotopic (exact) mass is 457 g/mol. The summed E-state index contributed by atoms with van der Waals surface area (Å²) >= 11 is 5.47. The average Bonchev–Trinajstić information content (AvgIpc) is 3.01. The van der Waals surface area contributed by atoms with Gasteiger partial charge in [-0.05, 0) is 60.6 Å². The van der Waals surface area contributed by atoms with E-state index < -0.39 is 6.04 Å². The lowest BCUT2D eigenvalue weighted by molar-refractivity contribution is -0.130. The first-order valence-electron chi connectivity index (χ1n) is 10.1. The Morgan fingerprint density at radius 2 is 1.72 bits per heavy atom. The van der Waals surface area contributed by atoms with E-state index in [1.165, 1.54) is 4.90 Å². The van der Waals surface area contributed by atoms with Gasteiger partial charge in [0.2, 0.25) is 5.91 Å². The number of hydrogen-bond donors (Lipinski definition) is 1. The van der Waals surface area contributed by atoms with Crippen LogP contribution in [-0.4, -0.2) is 67.7 Å². The average molecular weight is 458 g/mol. The molecule has 1 fully saturated rings. The molecule has 0 spiro atoms. The number of carbonyl (C=O) groups excluding carboxylic acids is 2. The van der Waals surface area contributed by atoms with Gasteiger partial charge in [0, 0.05) is 19.3 Å². The Labute approximate surface area is 193 Å². The highest BCUT2D eigenvalue weighted by Gasteiger charge is 2.41. The fourth-order valence-electron chi connectivity index (χ4n) is 3.57. The summed E-state index contributed by atoms with van der Waals surface area (Å²) in [4.78, 5) is 28.6. The maximum Gasteiger partial charge on any atom is 0.251 e. The minimum atomic E-state index is -0.647. The Hall–Kier alpha value is -3.33. The van der Waals surface area contributed by atoms with Crippen LogP contribution in [0.3, 0.4) is 0 Å². The second-order valence-electron chi connectivity index (χ2n) is 7.31. The van der Waals surface area contributed by atoms with Crippen LogP contribution < -0.4 is 19.5 Å². The fourth-order valence-corrected chi connectivity index (χ4v) is 3.88. The molecule has 3 rings (SSSR count). The van der Waals surface area contributed by atoms with Gasteiger partial charge in [-0.3, -0.25) is 14.5 Å². The Morgan fingerprint density at radius 3 is 2.34 bits per heavy atom.